The third-order valence-electron chi connectivity index (χ3n) is 4.62. The molecule has 0 fully saturated rings. The van der Waals surface area contributed by atoms with E-state index < -0.39 is 10.1 Å². The zero-order chi connectivity index (χ0) is 21.8. The average Bonchev–Trinajstić information content (AvgIpc) is 3.18. The van der Waals surface area contributed by atoms with Crippen LogP contribution in [-0.4, -0.2) is 26.6 Å². The molecule has 1 heterocycles. The molecular weight excluding hydrogens is 432 g/mol. The highest BCUT2D eigenvalue weighted by Crippen LogP contribution is 2.36. The van der Waals surface area contributed by atoms with E-state index in [-0.39, 0.29) is 18.1 Å². The van der Waals surface area contributed by atoms with Crippen LogP contribution in [0.3, 0.4) is 0 Å². The lowest BCUT2D eigenvalue weighted by atomic mass is 10.2. The maximum absolute atomic E-state index is 12.3. The minimum Gasteiger partial charge on any atom is -0.493 e. The monoisotopic (exact) mass is 454 g/mol. The van der Waals surface area contributed by atoms with Crippen molar-refractivity contribution in [3.05, 3.63) is 72.3 Å². The van der Waals surface area contributed by atoms with Crippen molar-refractivity contribution < 1.29 is 17.3 Å². The lowest BCUT2D eigenvalue weighted by Gasteiger charge is -2.11. The molecule has 4 aromatic rings. The Bertz CT molecular complexity index is 1270. The average molecular weight is 455 g/mol. The zero-order valence-electron chi connectivity index (χ0n) is 16.9. The Balaban J connectivity index is 1.40. The molecule has 3 aromatic carbocycles. The molecule has 8 heteroatoms. The van der Waals surface area contributed by atoms with E-state index in [1.807, 2.05) is 43.3 Å². The summed E-state index contributed by atoms with van der Waals surface area (Å²) in [5.41, 5.74) is 9.29. The van der Waals surface area contributed by atoms with Crippen molar-refractivity contribution in [2.24, 2.45) is 0 Å². The van der Waals surface area contributed by atoms with Crippen LogP contribution in [0, 0.1) is 6.92 Å². The van der Waals surface area contributed by atoms with Crippen molar-refractivity contribution in [3.8, 4) is 16.3 Å². The summed E-state index contributed by atoms with van der Waals surface area (Å²) < 4.78 is 36.7. The van der Waals surface area contributed by atoms with E-state index in [0.29, 0.717) is 17.9 Å². The van der Waals surface area contributed by atoms with Crippen LogP contribution in [-0.2, 0) is 14.3 Å². The third-order valence-corrected chi connectivity index (χ3v) is 7.02. The number of rotatable bonds is 8. The summed E-state index contributed by atoms with van der Waals surface area (Å²) >= 11 is 1.58. The lowest BCUT2D eigenvalue weighted by Crippen LogP contribution is -2.10. The van der Waals surface area contributed by atoms with Gasteiger partial charge in [0.1, 0.15) is 10.8 Å². The minimum absolute atomic E-state index is 0.0228. The normalized spacial score (nSPS) is 11.6. The number of fused-ring (bicyclic) bond motifs is 1. The summed E-state index contributed by atoms with van der Waals surface area (Å²) in [6.45, 7) is 2.20. The molecule has 0 saturated carbocycles. The highest BCUT2D eigenvalue weighted by molar-refractivity contribution is 7.86. The second-order valence-corrected chi connectivity index (χ2v) is 9.68. The number of aryl methyl sites for hydroxylation is 1. The number of thiazole rings is 1. The first-order valence-corrected chi connectivity index (χ1v) is 12.0. The van der Waals surface area contributed by atoms with E-state index in [4.69, 9.17) is 14.7 Å². The molecule has 0 aliphatic heterocycles. The van der Waals surface area contributed by atoms with Gasteiger partial charge in [0.25, 0.3) is 10.1 Å². The van der Waals surface area contributed by atoms with Gasteiger partial charge in [0.2, 0.25) is 0 Å². The fourth-order valence-corrected chi connectivity index (χ4v) is 4.94. The predicted octanol–water partition coefficient (Wildman–Crippen LogP) is 5.03. The maximum Gasteiger partial charge on any atom is 0.296 e. The van der Waals surface area contributed by atoms with E-state index in [9.17, 15) is 8.42 Å². The fraction of sp³-hybridized carbons (Fsp3) is 0.174. The molecule has 0 unspecified atom stereocenters. The van der Waals surface area contributed by atoms with Crippen LogP contribution < -0.4 is 10.5 Å². The minimum atomic E-state index is -3.78. The SMILES string of the molecule is Cc1ccc(S(=O)(=O)OCCCOc2cc(N)ccc2-c2nc3ccccc3s2)cc1. The van der Waals surface area contributed by atoms with Gasteiger partial charge in [-0.3, -0.25) is 4.18 Å². The molecule has 31 heavy (non-hydrogen) atoms. The van der Waals surface area contributed by atoms with Crippen LogP contribution in [0.15, 0.2) is 71.6 Å². The number of anilines is 1. The summed E-state index contributed by atoms with van der Waals surface area (Å²) in [4.78, 5) is 4.83. The Morgan fingerprint density at radius 1 is 1.00 bits per heavy atom. The van der Waals surface area contributed by atoms with E-state index in [1.165, 1.54) is 12.1 Å². The Morgan fingerprint density at radius 3 is 2.55 bits per heavy atom. The number of hydrogen-bond acceptors (Lipinski definition) is 7. The van der Waals surface area contributed by atoms with E-state index >= 15 is 0 Å². The molecule has 0 bridgehead atoms. The van der Waals surface area contributed by atoms with Gasteiger partial charge in [0, 0.05) is 18.2 Å². The Kier molecular flexibility index (Phi) is 6.22. The predicted molar refractivity (Wildman–Crippen MR) is 124 cm³/mol. The van der Waals surface area contributed by atoms with Crippen LogP contribution >= 0.6 is 11.3 Å². The first-order chi connectivity index (χ1) is 14.9. The summed E-state index contributed by atoms with van der Waals surface area (Å²) in [5.74, 6) is 0.612. The van der Waals surface area contributed by atoms with Crippen LogP contribution in [0.25, 0.3) is 20.8 Å². The van der Waals surface area contributed by atoms with Gasteiger partial charge < -0.3 is 10.5 Å². The van der Waals surface area contributed by atoms with Crippen molar-refractivity contribution in [3.63, 3.8) is 0 Å². The molecular formula is C23H22N2O4S2. The van der Waals surface area contributed by atoms with Gasteiger partial charge in [0.05, 0.1) is 33.9 Å². The molecule has 0 amide bonds. The second kappa shape index (κ2) is 9.05. The highest BCUT2D eigenvalue weighted by Gasteiger charge is 2.15. The standard InChI is InChI=1S/C23H22N2O4S2/c1-16-7-10-18(11-8-16)31(26,27)29-14-4-13-28-21-15-17(24)9-12-19(21)23-25-20-5-2-3-6-22(20)30-23/h2-3,5-12,15H,4,13-14,24H2,1H3. The van der Waals surface area contributed by atoms with Crippen molar-refractivity contribution in [2.75, 3.05) is 18.9 Å². The molecule has 0 aliphatic carbocycles. The number of nitrogens with two attached hydrogens (primary N) is 1. The first kappa shape index (κ1) is 21.3. The smallest absolute Gasteiger partial charge is 0.296 e. The van der Waals surface area contributed by atoms with Crippen LogP contribution in [0.4, 0.5) is 5.69 Å². The van der Waals surface area contributed by atoms with Crippen molar-refractivity contribution in [1.82, 2.24) is 4.98 Å². The number of para-hydroxylation sites is 1. The molecule has 0 radical (unpaired) electrons. The van der Waals surface area contributed by atoms with Gasteiger partial charge in [-0.15, -0.1) is 11.3 Å². The van der Waals surface area contributed by atoms with Crippen molar-refractivity contribution >= 4 is 37.4 Å². The fourth-order valence-electron chi connectivity index (χ4n) is 3.01. The van der Waals surface area contributed by atoms with Gasteiger partial charge in [-0.2, -0.15) is 8.42 Å². The third kappa shape index (κ3) is 5.04. The number of nitrogens with zero attached hydrogens (tertiary/aromatic N) is 1. The number of nitrogen functional groups attached to an aromatic ring is 1. The summed E-state index contributed by atoms with van der Waals surface area (Å²) in [6, 6.07) is 19.9. The molecule has 160 valence electrons. The number of hydrogen-bond donors (Lipinski definition) is 1. The summed E-state index contributed by atoms with van der Waals surface area (Å²) in [5, 5.41) is 0.842. The van der Waals surface area contributed by atoms with Crippen LogP contribution in [0.2, 0.25) is 0 Å². The van der Waals surface area contributed by atoms with E-state index in [1.54, 1.807) is 29.5 Å². The van der Waals surface area contributed by atoms with Crippen LogP contribution in [0.1, 0.15) is 12.0 Å². The zero-order valence-corrected chi connectivity index (χ0v) is 18.6. The molecule has 4 rings (SSSR count). The Morgan fingerprint density at radius 2 is 1.77 bits per heavy atom. The largest absolute Gasteiger partial charge is 0.493 e. The van der Waals surface area contributed by atoms with Crippen molar-refractivity contribution in [1.29, 1.82) is 0 Å². The molecule has 6 nitrogen and oxygen atoms in total. The summed E-state index contributed by atoms with van der Waals surface area (Å²) in [7, 11) is -3.78. The van der Waals surface area contributed by atoms with E-state index in [2.05, 4.69) is 4.98 Å². The Hall–Kier alpha value is -2.94. The highest BCUT2D eigenvalue weighted by atomic mass is 32.2. The quantitative estimate of drug-likeness (QED) is 0.228. The van der Waals surface area contributed by atoms with Gasteiger partial charge in [0.15, 0.2) is 0 Å². The Labute approximate surface area is 185 Å². The number of benzene rings is 3. The van der Waals surface area contributed by atoms with E-state index in [0.717, 1.165) is 26.4 Å². The molecule has 0 spiro atoms. The second-order valence-electron chi connectivity index (χ2n) is 7.03. The van der Waals surface area contributed by atoms with Gasteiger partial charge in [-0.05, 0) is 43.3 Å². The van der Waals surface area contributed by atoms with Crippen LogP contribution in [0.5, 0.6) is 5.75 Å². The molecule has 0 aliphatic rings. The first-order valence-electron chi connectivity index (χ1n) is 9.77. The molecule has 2 N–H and O–H groups in total. The van der Waals surface area contributed by atoms with Crippen molar-refractivity contribution in [2.45, 2.75) is 18.2 Å². The topological polar surface area (TPSA) is 91.5 Å². The number of ether oxygens (including phenoxy) is 1. The maximum atomic E-state index is 12.3. The van der Waals surface area contributed by atoms with Gasteiger partial charge in [-0.25, -0.2) is 4.98 Å². The summed E-state index contributed by atoms with van der Waals surface area (Å²) in [6.07, 6.45) is 0.402. The van der Waals surface area contributed by atoms with Gasteiger partial charge >= 0.3 is 0 Å². The molecule has 0 atom stereocenters. The molecule has 0 saturated heterocycles. The van der Waals surface area contributed by atoms with Gasteiger partial charge in [-0.1, -0.05) is 29.8 Å². The molecule has 1 aromatic heterocycles. The number of aromatic nitrogens is 1. The lowest BCUT2D eigenvalue weighted by molar-refractivity contribution is 0.251.